The number of nitrogens with one attached hydrogen (secondary N) is 3. The molecule has 8 nitrogen and oxygen atoms in total. The van der Waals surface area contributed by atoms with Gasteiger partial charge in [-0.1, -0.05) is 30.3 Å². The highest BCUT2D eigenvalue weighted by Crippen LogP contribution is 2.15. The molecule has 0 bridgehead atoms. The average Bonchev–Trinajstić information content (AvgIpc) is 2.68. The first-order chi connectivity index (χ1) is 13.5. The number of benzene rings is 2. The molecule has 0 atom stereocenters. The van der Waals surface area contributed by atoms with Crippen LogP contribution in [0.4, 0.5) is 5.69 Å². The number of carbonyl (C=O) groups is 3. The summed E-state index contributed by atoms with van der Waals surface area (Å²) in [4.78, 5) is 50.9. The highest BCUT2D eigenvalue weighted by molar-refractivity contribution is 6.01. The lowest BCUT2D eigenvalue weighted by Crippen LogP contribution is -2.35. The third kappa shape index (κ3) is 4.24. The van der Waals surface area contributed by atoms with Crippen LogP contribution in [0.5, 0.6) is 0 Å². The molecule has 5 N–H and O–H groups in total. The fraction of sp³-hybridized carbons (Fsp3) is 0.100. The predicted molar refractivity (Wildman–Crippen MR) is 105 cm³/mol. The Labute approximate surface area is 159 Å². The molecule has 1 aromatic heterocycles. The standard InChI is InChI=1S/C20H18N4O4/c21-17(25)9-12-5-1-3-7-15(12)24-18(26)11-23-20(28)14-10-22-16-8-4-2-6-13(16)19(14)27/h1-8,10H,9,11H2,(H2,21,25)(H,22,27)(H,23,28)(H,24,26). The van der Waals surface area contributed by atoms with Crippen molar-refractivity contribution in [1.82, 2.24) is 10.3 Å². The van der Waals surface area contributed by atoms with Crippen LogP contribution in [0.25, 0.3) is 10.9 Å². The molecule has 0 aliphatic carbocycles. The van der Waals surface area contributed by atoms with Crippen molar-refractivity contribution < 1.29 is 14.4 Å². The number of aromatic nitrogens is 1. The van der Waals surface area contributed by atoms with Crippen LogP contribution in [0.3, 0.4) is 0 Å². The fourth-order valence-electron chi connectivity index (χ4n) is 2.77. The predicted octanol–water partition coefficient (Wildman–Crippen LogP) is 0.924. The molecule has 0 saturated carbocycles. The number of anilines is 1. The number of primary amides is 1. The third-order valence-corrected chi connectivity index (χ3v) is 4.10. The molecule has 0 aliphatic heterocycles. The van der Waals surface area contributed by atoms with Gasteiger partial charge >= 0.3 is 0 Å². The van der Waals surface area contributed by atoms with Gasteiger partial charge in [0.05, 0.1) is 13.0 Å². The monoisotopic (exact) mass is 378 g/mol. The first-order valence-electron chi connectivity index (χ1n) is 8.50. The number of amides is 3. The number of para-hydroxylation sites is 2. The van der Waals surface area contributed by atoms with E-state index in [0.29, 0.717) is 22.2 Å². The van der Waals surface area contributed by atoms with E-state index in [1.165, 1.54) is 6.20 Å². The summed E-state index contributed by atoms with van der Waals surface area (Å²) in [7, 11) is 0. The lowest BCUT2D eigenvalue weighted by molar-refractivity contribution is -0.117. The minimum atomic E-state index is -0.660. The molecule has 0 saturated heterocycles. The zero-order valence-corrected chi connectivity index (χ0v) is 14.8. The van der Waals surface area contributed by atoms with Crippen LogP contribution in [-0.2, 0) is 16.0 Å². The van der Waals surface area contributed by atoms with Gasteiger partial charge in [0, 0.05) is 22.8 Å². The van der Waals surface area contributed by atoms with Gasteiger partial charge in [0.2, 0.25) is 17.2 Å². The van der Waals surface area contributed by atoms with Crippen LogP contribution in [0.2, 0.25) is 0 Å². The van der Waals surface area contributed by atoms with Crippen LogP contribution in [0.15, 0.2) is 59.5 Å². The van der Waals surface area contributed by atoms with Crippen molar-refractivity contribution >= 4 is 34.3 Å². The van der Waals surface area contributed by atoms with Crippen molar-refractivity contribution in [3.05, 3.63) is 76.1 Å². The van der Waals surface area contributed by atoms with Crippen molar-refractivity contribution in [3.63, 3.8) is 0 Å². The Balaban J connectivity index is 1.67. The number of fused-ring (bicyclic) bond motifs is 1. The van der Waals surface area contributed by atoms with Crippen molar-refractivity contribution in [1.29, 1.82) is 0 Å². The molecule has 1 heterocycles. The van der Waals surface area contributed by atoms with Gasteiger partial charge in [-0.3, -0.25) is 19.2 Å². The van der Waals surface area contributed by atoms with Crippen LogP contribution in [0.1, 0.15) is 15.9 Å². The largest absolute Gasteiger partial charge is 0.369 e. The summed E-state index contributed by atoms with van der Waals surface area (Å²) in [5.74, 6) is -1.68. The number of pyridine rings is 1. The molecule has 2 aromatic carbocycles. The number of hydrogen-bond donors (Lipinski definition) is 4. The summed E-state index contributed by atoms with van der Waals surface area (Å²) < 4.78 is 0. The number of H-pyrrole nitrogens is 1. The van der Waals surface area contributed by atoms with Crippen LogP contribution >= 0.6 is 0 Å². The third-order valence-electron chi connectivity index (χ3n) is 4.10. The van der Waals surface area contributed by atoms with E-state index in [4.69, 9.17) is 5.73 Å². The summed E-state index contributed by atoms with van der Waals surface area (Å²) >= 11 is 0. The van der Waals surface area contributed by atoms with Crippen molar-refractivity contribution in [2.45, 2.75) is 6.42 Å². The Morgan fingerprint density at radius 1 is 1.00 bits per heavy atom. The van der Waals surface area contributed by atoms with E-state index in [0.717, 1.165) is 0 Å². The molecule has 3 aromatic rings. The molecule has 0 radical (unpaired) electrons. The van der Waals surface area contributed by atoms with Gasteiger partial charge in [0.25, 0.3) is 5.91 Å². The summed E-state index contributed by atoms with van der Waals surface area (Å²) in [6.07, 6.45) is 1.30. The molecule has 8 heteroatoms. The number of aromatic amines is 1. The molecule has 142 valence electrons. The maximum Gasteiger partial charge on any atom is 0.257 e. The highest BCUT2D eigenvalue weighted by atomic mass is 16.2. The van der Waals surface area contributed by atoms with Crippen molar-refractivity contribution in [2.24, 2.45) is 5.73 Å². The highest BCUT2D eigenvalue weighted by Gasteiger charge is 2.14. The zero-order chi connectivity index (χ0) is 20.1. The Hall–Kier alpha value is -3.94. The first kappa shape index (κ1) is 18.8. The van der Waals surface area contributed by atoms with Gasteiger partial charge in [-0.15, -0.1) is 0 Å². The lowest BCUT2D eigenvalue weighted by Gasteiger charge is -2.10. The van der Waals surface area contributed by atoms with E-state index in [-0.39, 0.29) is 18.5 Å². The van der Waals surface area contributed by atoms with E-state index in [9.17, 15) is 19.2 Å². The lowest BCUT2D eigenvalue weighted by atomic mass is 10.1. The van der Waals surface area contributed by atoms with Crippen LogP contribution in [0, 0.1) is 0 Å². The van der Waals surface area contributed by atoms with Gasteiger partial charge in [0.15, 0.2) is 0 Å². The Morgan fingerprint density at radius 3 is 2.50 bits per heavy atom. The Bertz CT molecular complexity index is 1120. The van der Waals surface area contributed by atoms with E-state index < -0.39 is 23.2 Å². The van der Waals surface area contributed by atoms with E-state index in [1.807, 2.05) is 0 Å². The SMILES string of the molecule is NC(=O)Cc1ccccc1NC(=O)CNC(=O)c1c[nH]c2ccccc2c1=O. The van der Waals surface area contributed by atoms with Gasteiger partial charge in [-0.05, 0) is 23.8 Å². The number of carbonyl (C=O) groups excluding carboxylic acids is 3. The molecule has 0 unspecified atom stereocenters. The molecule has 3 rings (SSSR count). The molecular formula is C20H18N4O4. The molecule has 0 spiro atoms. The number of nitrogens with two attached hydrogens (primary N) is 1. The second kappa shape index (κ2) is 8.17. The number of rotatable bonds is 6. The normalized spacial score (nSPS) is 10.4. The van der Waals surface area contributed by atoms with Crippen LogP contribution < -0.4 is 21.8 Å². The van der Waals surface area contributed by atoms with Crippen LogP contribution in [-0.4, -0.2) is 29.3 Å². The fourth-order valence-corrected chi connectivity index (χ4v) is 2.77. The Morgan fingerprint density at radius 2 is 1.71 bits per heavy atom. The second-order valence-electron chi connectivity index (χ2n) is 6.11. The van der Waals surface area contributed by atoms with E-state index in [1.54, 1.807) is 48.5 Å². The summed E-state index contributed by atoms with van der Waals surface area (Å²) in [5.41, 5.74) is 6.32. The minimum absolute atomic E-state index is 0.0186. The maximum atomic E-state index is 12.4. The van der Waals surface area contributed by atoms with Gasteiger partial charge < -0.3 is 21.4 Å². The van der Waals surface area contributed by atoms with Gasteiger partial charge in [0.1, 0.15) is 5.56 Å². The average molecular weight is 378 g/mol. The van der Waals surface area contributed by atoms with E-state index >= 15 is 0 Å². The van der Waals surface area contributed by atoms with Crippen molar-refractivity contribution in [2.75, 3.05) is 11.9 Å². The zero-order valence-electron chi connectivity index (χ0n) is 14.8. The van der Waals surface area contributed by atoms with Gasteiger partial charge in [-0.2, -0.15) is 0 Å². The molecule has 0 fully saturated rings. The second-order valence-corrected chi connectivity index (χ2v) is 6.11. The molecule has 28 heavy (non-hydrogen) atoms. The Kier molecular flexibility index (Phi) is 5.50. The topological polar surface area (TPSA) is 134 Å². The van der Waals surface area contributed by atoms with E-state index in [2.05, 4.69) is 15.6 Å². The first-order valence-corrected chi connectivity index (χ1v) is 8.50. The summed E-state index contributed by atoms with van der Waals surface area (Å²) in [6.45, 7) is -0.337. The molecule has 0 aliphatic rings. The number of hydrogen-bond acceptors (Lipinski definition) is 4. The molecular weight excluding hydrogens is 360 g/mol. The van der Waals surface area contributed by atoms with Gasteiger partial charge in [-0.25, -0.2) is 0 Å². The summed E-state index contributed by atoms with van der Waals surface area (Å²) in [5, 5.41) is 5.43. The molecule has 3 amide bonds. The minimum Gasteiger partial charge on any atom is -0.369 e. The maximum absolute atomic E-state index is 12.4. The van der Waals surface area contributed by atoms with Crippen molar-refractivity contribution in [3.8, 4) is 0 Å². The quantitative estimate of drug-likeness (QED) is 0.507. The smallest absolute Gasteiger partial charge is 0.257 e. The summed E-state index contributed by atoms with van der Waals surface area (Å²) in [6, 6.07) is 13.6.